The normalized spacial score (nSPS) is 18.0. The Balaban J connectivity index is 1.56. The van der Waals surface area contributed by atoms with E-state index in [1.54, 1.807) is 46.8 Å². The van der Waals surface area contributed by atoms with Crippen molar-refractivity contribution in [2.24, 2.45) is 5.92 Å². The van der Waals surface area contributed by atoms with E-state index < -0.39 is 10.0 Å². The first-order valence-electron chi connectivity index (χ1n) is 11.2. The van der Waals surface area contributed by atoms with Crippen LogP contribution >= 0.6 is 11.6 Å². The van der Waals surface area contributed by atoms with Crippen LogP contribution in [0.15, 0.2) is 47.4 Å². The second kappa shape index (κ2) is 9.83. The zero-order chi connectivity index (χ0) is 23.6. The highest BCUT2D eigenvalue weighted by molar-refractivity contribution is 7.89. The van der Waals surface area contributed by atoms with Crippen LogP contribution in [0.4, 0.5) is 11.4 Å². The predicted octanol–water partition coefficient (Wildman–Crippen LogP) is 4.07. The van der Waals surface area contributed by atoms with E-state index in [4.69, 9.17) is 11.6 Å². The number of hydrogen-bond acceptors (Lipinski definition) is 4. The van der Waals surface area contributed by atoms with Gasteiger partial charge in [-0.2, -0.15) is 4.31 Å². The Morgan fingerprint density at radius 2 is 1.88 bits per heavy atom. The number of nitrogens with one attached hydrogen (secondary N) is 1. The van der Waals surface area contributed by atoms with Gasteiger partial charge >= 0.3 is 0 Å². The van der Waals surface area contributed by atoms with Crippen molar-refractivity contribution in [2.45, 2.75) is 43.9 Å². The number of anilines is 2. The second-order valence-corrected chi connectivity index (χ2v) is 11.1. The molecule has 9 heteroatoms. The number of nitrogens with zero attached hydrogens (tertiary/aromatic N) is 2. The molecule has 0 radical (unpaired) electrons. The number of fused-ring (bicyclic) bond motifs is 1. The van der Waals surface area contributed by atoms with Gasteiger partial charge in [0.25, 0.3) is 0 Å². The lowest BCUT2D eigenvalue weighted by Crippen LogP contribution is -2.38. The van der Waals surface area contributed by atoms with Crippen LogP contribution in [0.2, 0.25) is 5.02 Å². The van der Waals surface area contributed by atoms with Gasteiger partial charge in [-0.15, -0.1) is 0 Å². The molecule has 4 rings (SSSR count). The number of carbonyl (C=O) groups is 2. The molecule has 0 aliphatic carbocycles. The van der Waals surface area contributed by atoms with Crippen LogP contribution < -0.4 is 10.2 Å². The van der Waals surface area contributed by atoms with Crippen LogP contribution in [-0.2, 0) is 26.0 Å². The summed E-state index contributed by atoms with van der Waals surface area (Å²) in [6.07, 6.45) is 3.18. The van der Waals surface area contributed by atoms with E-state index in [1.165, 1.54) is 4.90 Å². The molecule has 0 unspecified atom stereocenters. The highest BCUT2D eigenvalue weighted by atomic mass is 35.5. The Morgan fingerprint density at radius 1 is 1.12 bits per heavy atom. The number of sulfonamides is 1. The van der Waals surface area contributed by atoms with Crippen LogP contribution in [0.3, 0.4) is 0 Å². The summed E-state index contributed by atoms with van der Waals surface area (Å²) in [5, 5.41) is 3.27. The van der Waals surface area contributed by atoms with Gasteiger partial charge in [0.2, 0.25) is 21.8 Å². The number of carbonyl (C=O) groups excluding carboxylic acids is 2. The fraction of sp³-hybridized carbons (Fsp3) is 0.417. The summed E-state index contributed by atoms with van der Waals surface area (Å²) < 4.78 is 27.9. The standard InChI is InChI=1S/C24H28ClN3O4S/c1-17-10-12-27(13-11-17)33(31,32)21-8-9-22-18(14-21)4-2-7-24(30)28(22)16-23(29)26-20-6-3-5-19(25)15-20/h3,5-6,8-9,14-15,17H,2,4,7,10-13,16H2,1H3,(H,26,29). The Morgan fingerprint density at radius 3 is 2.61 bits per heavy atom. The van der Waals surface area contributed by atoms with Gasteiger partial charge in [-0.1, -0.05) is 24.6 Å². The van der Waals surface area contributed by atoms with Crippen molar-refractivity contribution in [1.82, 2.24) is 4.31 Å². The Labute approximate surface area is 199 Å². The largest absolute Gasteiger partial charge is 0.324 e. The predicted molar refractivity (Wildman–Crippen MR) is 129 cm³/mol. The van der Waals surface area contributed by atoms with E-state index in [0.29, 0.717) is 54.7 Å². The molecule has 2 aromatic rings. The minimum atomic E-state index is -3.59. The lowest BCUT2D eigenvalue weighted by molar-refractivity contribution is -0.121. The molecule has 176 valence electrons. The van der Waals surface area contributed by atoms with E-state index in [1.807, 2.05) is 0 Å². The average molecular weight is 490 g/mol. The molecule has 0 atom stereocenters. The molecule has 33 heavy (non-hydrogen) atoms. The van der Waals surface area contributed by atoms with Crippen LogP contribution in [0, 0.1) is 5.92 Å². The maximum atomic E-state index is 13.2. The van der Waals surface area contributed by atoms with Gasteiger partial charge < -0.3 is 10.2 Å². The van der Waals surface area contributed by atoms with Crippen molar-refractivity contribution in [2.75, 3.05) is 29.9 Å². The first-order chi connectivity index (χ1) is 15.7. The molecule has 1 saturated heterocycles. The van der Waals surface area contributed by atoms with Gasteiger partial charge in [-0.05, 0) is 73.6 Å². The summed E-state index contributed by atoms with van der Waals surface area (Å²) in [6, 6.07) is 11.7. The van der Waals surface area contributed by atoms with Gasteiger partial charge in [0.05, 0.1) is 4.90 Å². The minimum Gasteiger partial charge on any atom is -0.324 e. The molecule has 2 aliphatic heterocycles. The highest BCUT2D eigenvalue weighted by Gasteiger charge is 2.30. The van der Waals surface area contributed by atoms with Gasteiger partial charge in [-0.25, -0.2) is 8.42 Å². The third kappa shape index (κ3) is 5.39. The number of piperidine rings is 1. The molecule has 0 saturated carbocycles. The van der Waals surface area contributed by atoms with Crippen molar-refractivity contribution >= 4 is 44.8 Å². The van der Waals surface area contributed by atoms with Gasteiger partial charge in [0.1, 0.15) is 6.54 Å². The van der Waals surface area contributed by atoms with Crippen LogP contribution in [0.1, 0.15) is 38.2 Å². The first-order valence-corrected chi connectivity index (χ1v) is 13.0. The van der Waals surface area contributed by atoms with Crippen LogP contribution in [0.5, 0.6) is 0 Å². The molecule has 2 amide bonds. The number of halogens is 1. The van der Waals surface area contributed by atoms with Gasteiger partial charge in [-0.3, -0.25) is 9.59 Å². The smallest absolute Gasteiger partial charge is 0.244 e. The molecular formula is C24H28ClN3O4S. The number of rotatable bonds is 5. The molecular weight excluding hydrogens is 462 g/mol. The zero-order valence-electron chi connectivity index (χ0n) is 18.6. The van der Waals surface area contributed by atoms with Crippen molar-refractivity contribution in [1.29, 1.82) is 0 Å². The summed E-state index contributed by atoms with van der Waals surface area (Å²) in [5.41, 5.74) is 1.90. The topological polar surface area (TPSA) is 86.8 Å². The third-order valence-electron chi connectivity index (χ3n) is 6.27. The Kier molecular flexibility index (Phi) is 7.07. The van der Waals surface area contributed by atoms with E-state index in [2.05, 4.69) is 12.2 Å². The maximum absolute atomic E-state index is 13.2. The van der Waals surface area contributed by atoms with Crippen molar-refractivity contribution < 1.29 is 18.0 Å². The first kappa shape index (κ1) is 23.7. The summed E-state index contributed by atoms with van der Waals surface area (Å²) in [6.45, 7) is 3.03. The molecule has 2 aliphatic rings. The number of amides is 2. The third-order valence-corrected chi connectivity index (χ3v) is 8.40. The summed E-state index contributed by atoms with van der Waals surface area (Å²) in [4.78, 5) is 27.1. The summed E-state index contributed by atoms with van der Waals surface area (Å²) >= 11 is 5.98. The molecule has 2 aromatic carbocycles. The molecule has 0 spiro atoms. The van der Waals surface area contributed by atoms with Gasteiger partial charge in [0.15, 0.2) is 0 Å². The zero-order valence-corrected chi connectivity index (χ0v) is 20.2. The molecule has 2 heterocycles. The molecule has 0 bridgehead atoms. The number of hydrogen-bond donors (Lipinski definition) is 1. The van der Waals surface area contributed by atoms with E-state index in [0.717, 1.165) is 18.4 Å². The fourth-order valence-corrected chi connectivity index (χ4v) is 6.05. The van der Waals surface area contributed by atoms with Crippen LogP contribution in [0.25, 0.3) is 0 Å². The van der Waals surface area contributed by atoms with Crippen molar-refractivity contribution in [3.05, 3.63) is 53.1 Å². The van der Waals surface area contributed by atoms with E-state index in [9.17, 15) is 18.0 Å². The maximum Gasteiger partial charge on any atom is 0.244 e. The number of benzene rings is 2. The molecule has 1 N–H and O–H groups in total. The highest BCUT2D eigenvalue weighted by Crippen LogP contribution is 2.31. The lowest BCUT2D eigenvalue weighted by Gasteiger charge is -2.30. The van der Waals surface area contributed by atoms with Crippen molar-refractivity contribution in [3.8, 4) is 0 Å². The average Bonchev–Trinajstić information content (AvgIpc) is 2.92. The quantitative estimate of drug-likeness (QED) is 0.685. The van der Waals surface area contributed by atoms with Gasteiger partial charge in [0, 0.05) is 35.9 Å². The SMILES string of the molecule is CC1CCN(S(=O)(=O)c2ccc3c(c2)CCCC(=O)N3CC(=O)Nc2cccc(Cl)c2)CC1. The summed E-state index contributed by atoms with van der Waals surface area (Å²) in [7, 11) is -3.59. The molecule has 1 fully saturated rings. The van der Waals surface area contributed by atoms with E-state index in [-0.39, 0.29) is 23.3 Å². The minimum absolute atomic E-state index is 0.157. The molecule has 0 aromatic heterocycles. The lowest BCUT2D eigenvalue weighted by atomic mass is 10.0. The fourth-order valence-electron chi connectivity index (χ4n) is 4.34. The number of aryl methyl sites for hydroxylation is 1. The second-order valence-electron chi connectivity index (χ2n) is 8.77. The van der Waals surface area contributed by atoms with Crippen LogP contribution in [-0.4, -0.2) is 44.2 Å². The Bertz CT molecular complexity index is 1160. The Hall–Kier alpha value is -2.42. The van der Waals surface area contributed by atoms with Crippen molar-refractivity contribution in [3.63, 3.8) is 0 Å². The molecule has 7 nitrogen and oxygen atoms in total. The van der Waals surface area contributed by atoms with E-state index >= 15 is 0 Å². The monoisotopic (exact) mass is 489 g/mol. The summed E-state index contributed by atoms with van der Waals surface area (Å²) in [5.74, 6) is 0.0225.